The highest BCUT2D eigenvalue weighted by atomic mass is 16.5. The summed E-state index contributed by atoms with van der Waals surface area (Å²) in [5.74, 6) is -0.639. The average molecular weight is 366 g/mol. The van der Waals surface area contributed by atoms with Crippen molar-refractivity contribution >= 4 is 29.0 Å². The monoisotopic (exact) mass is 366 g/mol. The second-order valence-corrected chi connectivity index (χ2v) is 6.10. The minimum absolute atomic E-state index is 0.196. The number of ether oxygens (including phenoxy) is 1. The number of anilines is 2. The third kappa shape index (κ3) is 3.44. The van der Waals surface area contributed by atoms with Crippen LogP contribution in [-0.2, 0) is 4.74 Å². The van der Waals surface area contributed by atoms with Crippen LogP contribution in [-0.4, -0.2) is 52.5 Å². The number of primary amides is 1. The van der Waals surface area contributed by atoms with Crippen molar-refractivity contribution in [3.8, 4) is 0 Å². The number of benzene rings is 1. The topological polar surface area (TPSA) is 115 Å². The van der Waals surface area contributed by atoms with Gasteiger partial charge in [-0.2, -0.15) is 0 Å². The number of hydrogen-bond donors (Lipinski definition) is 2. The van der Waals surface area contributed by atoms with E-state index in [1.807, 2.05) is 6.07 Å². The molecule has 0 aliphatic carbocycles. The lowest BCUT2D eigenvalue weighted by atomic mass is 10.1. The van der Waals surface area contributed by atoms with Gasteiger partial charge in [0.05, 0.1) is 24.5 Å². The number of nitrogens with two attached hydrogens (primary N) is 1. The highest BCUT2D eigenvalue weighted by Crippen LogP contribution is 2.24. The smallest absolute Gasteiger partial charge is 0.275 e. The molecule has 3 N–H and O–H groups in total. The summed E-state index contributed by atoms with van der Waals surface area (Å²) in [6, 6.07) is 6.95. The van der Waals surface area contributed by atoms with Gasteiger partial charge in [-0.15, -0.1) is 0 Å². The molecule has 9 nitrogen and oxygen atoms in total. The Labute approximate surface area is 154 Å². The Bertz CT molecular complexity index is 976. The van der Waals surface area contributed by atoms with Gasteiger partial charge in [-0.25, -0.2) is 9.97 Å². The molecule has 1 aliphatic heterocycles. The number of carbonyl (C=O) groups excluding carboxylic acids is 2. The van der Waals surface area contributed by atoms with Crippen molar-refractivity contribution in [1.29, 1.82) is 0 Å². The lowest BCUT2D eigenvalue weighted by molar-refractivity contribution is 0.100. The predicted molar refractivity (Wildman–Crippen MR) is 98.9 cm³/mol. The van der Waals surface area contributed by atoms with Gasteiger partial charge >= 0.3 is 0 Å². The molecule has 138 valence electrons. The van der Waals surface area contributed by atoms with Gasteiger partial charge < -0.3 is 20.7 Å². The standard InChI is InChI=1S/C18H18N6O3/c19-16(25)13-10-12(23-6-8-27-9-7-23)2-3-14(13)21-17(26)15-11-24-5-1-4-20-18(24)22-15/h1-5,10-11H,6-9H2,(H2,19,25)(H,21,26). The summed E-state index contributed by atoms with van der Waals surface area (Å²) in [5, 5.41) is 2.71. The molecule has 0 bridgehead atoms. The van der Waals surface area contributed by atoms with Gasteiger partial charge in [0.15, 0.2) is 0 Å². The minimum Gasteiger partial charge on any atom is -0.378 e. The van der Waals surface area contributed by atoms with Crippen LogP contribution in [0.1, 0.15) is 20.8 Å². The molecule has 1 aliphatic rings. The van der Waals surface area contributed by atoms with Crippen LogP contribution in [0, 0.1) is 0 Å². The molecule has 3 aromatic rings. The molecule has 0 spiro atoms. The van der Waals surface area contributed by atoms with Crippen molar-refractivity contribution in [3.63, 3.8) is 0 Å². The van der Waals surface area contributed by atoms with Crippen molar-refractivity contribution in [2.24, 2.45) is 5.73 Å². The van der Waals surface area contributed by atoms with E-state index in [9.17, 15) is 9.59 Å². The third-order valence-corrected chi connectivity index (χ3v) is 4.36. The summed E-state index contributed by atoms with van der Waals surface area (Å²) < 4.78 is 6.99. The molecule has 1 saturated heterocycles. The Morgan fingerprint density at radius 3 is 2.78 bits per heavy atom. The summed E-state index contributed by atoms with van der Waals surface area (Å²) in [5.41, 5.74) is 7.17. The highest BCUT2D eigenvalue weighted by molar-refractivity contribution is 6.08. The van der Waals surface area contributed by atoms with Gasteiger partial charge in [-0.3, -0.25) is 14.0 Å². The molecule has 2 amide bonds. The van der Waals surface area contributed by atoms with Crippen molar-refractivity contribution in [1.82, 2.24) is 14.4 Å². The second-order valence-electron chi connectivity index (χ2n) is 6.10. The van der Waals surface area contributed by atoms with Crippen LogP contribution in [0.3, 0.4) is 0 Å². The molecule has 3 heterocycles. The molecule has 1 fully saturated rings. The normalized spacial score (nSPS) is 14.3. The number of aromatic nitrogens is 3. The van der Waals surface area contributed by atoms with Gasteiger partial charge in [0.2, 0.25) is 5.78 Å². The van der Waals surface area contributed by atoms with E-state index in [2.05, 4.69) is 20.2 Å². The number of nitrogens with one attached hydrogen (secondary N) is 1. The van der Waals surface area contributed by atoms with E-state index < -0.39 is 11.8 Å². The molecule has 4 rings (SSSR count). The lowest BCUT2D eigenvalue weighted by Crippen LogP contribution is -2.36. The number of amides is 2. The largest absolute Gasteiger partial charge is 0.378 e. The summed E-state index contributed by atoms with van der Waals surface area (Å²) in [4.78, 5) is 34.8. The quantitative estimate of drug-likeness (QED) is 0.709. The van der Waals surface area contributed by atoms with Gasteiger partial charge in [-0.1, -0.05) is 0 Å². The van der Waals surface area contributed by atoms with Crippen LogP contribution in [0.5, 0.6) is 0 Å². The summed E-state index contributed by atoms with van der Waals surface area (Å²) >= 11 is 0. The van der Waals surface area contributed by atoms with E-state index >= 15 is 0 Å². The SMILES string of the molecule is NC(=O)c1cc(N2CCOCC2)ccc1NC(=O)c1cn2cccnc2n1. The van der Waals surface area contributed by atoms with Crippen molar-refractivity contribution in [2.75, 3.05) is 36.5 Å². The van der Waals surface area contributed by atoms with Crippen molar-refractivity contribution in [3.05, 3.63) is 54.1 Å². The summed E-state index contributed by atoms with van der Waals surface area (Å²) in [7, 11) is 0. The zero-order valence-corrected chi connectivity index (χ0v) is 14.5. The Morgan fingerprint density at radius 1 is 1.22 bits per heavy atom. The first kappa shape index (κ1) is 17.0. The fourth-order valence-corrected chi connectivity index (χ4v) is 2.99. The molecule has 0 radical (unpaired) electrons. The maximum Gasteiger partial charge on any atom is 0.275 e. The van der Waals surface area contributed by atoms with Crippen LogP contribution < -0.4 is 16.0 Å². The van der Waals surface area contributed by atoms with Crippen LogP contribution in [0.15, 0.2) is 42.9 Å². The molecule has 2 aromatic heterocycles. The van der Waals surface area contributed by atoms with E-state index in [0.29, 0.717) is 24.7 Å². The van der Waals surface area contributed by atoms with Crippen molar-refractivity contribution in [2.45, 2.75) is 0 Å². The first-order chi connectivity index (χ1) is 13.1. The molecule has 9 heteroatoms. The average Bonchev–Trinajstić information content (AvgIpc) is 3.13. The Morgan fingerprint density at radius 2 is 2.04 bits per heavy atom. The first-order valence-corrected chi connectivity index (χ1v) is 8.49. The number of fused-ring (bicyclic) bond motifs is 1. The summed E-state index contributed by atoms with van der Waals surface area (Å²) in [6.07, 6.45) is 4.92. The Kier molecular flexibility index (Phi) is 4.43. The fourth-order valence-electron chi connectivity index (χ4n) is 2.99. The first-order valence-electron chi connectivity index (χ1n) is 8.49. The fraction of sp³-hybridized carbons (Fsp3) is 0.222. The van der Waals surface area contributed by atoms with Gasteiger partial charge in [0.1, 0.15) is 5.69 Å². The Hall–Kier alpha value is -3.46. The van der Waals surface area contributed by atoms with Gasteiger partial charge in [0, 0.05) is 37.4 Å². The lowest BCUT2D eigenvalue weighted by Gasteiger charge is -2.29. The van der Waals surface area contributed by atoms with E-state index in [-0.39, 0.29) is 11.3 Å². The van der Waals surface area contributed by atoms with Crippen molar-refractivity contribution < 1.29 is 14.3 Å². The van der Waals surface area contributed by atoms with Crippen LogP contribution >= 0.6 is 0 Å². The number of morpholine rings is 1. The van der Waals surface area contributed by atoms with Gasteiger partial charge in [0.25, 0.3) is 11.8 Å². The van der Waals surface area contributed by atoms with E-state index in [4.69, 9.17) is 10.5 Å². The molecule has 27 heavy (non-hydrogen) atoms. The zero-order chi connectivity index (χ0) is 18.8. The molecular formula is C18H18N6O3. The number of carbonyl (C=O) groups is 2. The number of nitrogens with zero attached hydrogens (tertiary/aromatic N) is 4. The highest BCUT2D eigenvalue weighted by Gasteiger charge is 2.18. The maximum absolute atomic E-state index is 12.6. The number of rotatable bonds is 4. The molecular weight excluding hydrogens is 348 g/mol. The van der Waals surface area contributed by atoms with E-state index in [1.54, 1.807) is 41.2 Å². The predicted octanol–water partition coefficient (Wildman–Crippen LogP) is 0.917. The van der Waals surface area contributed by atoms with E-state index in [0.717, 1.165) is 18.8 Å². The number of imidazole rings is 1. The maximum atomic E-state index is 12.6. The summed E-state index contributed by atoms with van der Waals surface area (Å²) in [6.45, 7) is 2.73. The van der Waals surface area contributed by atoms with Crippen LogP contribution in [0.2, 0.25) is 0 Å². The third-order valence-electron chi connectivity index (χ3n) is 4.36. The molecule has 0 unspecified atom stereocenters. The van der Waals surface area contributed by atoms with Crippen LogP contribution in [0.4, 0.5) is 11.4 Å². The number of hydrogen-bond acceptors (Lipinski definition) is 6. The molecule has 0 saturated carbocycles. The van der Waals surface area contributed by atoms with E-state index in [1.165, 1.54) is 0 Å². The second kappa shape index (κ2) is 7.04. The Balaban J connectivity index is 1.60. The van der Waals surface area contributed by atoms with Gasteiger partial charge in [-0.05, 0) is 24.3 Å². The molecule has 0 atom stereocenters. The zero-order valence-electron chi connectivity index (χ0n) is 14.5. The van der Waals surface area contributed by atoms with Crippen LogP contribution in [0.25, 0.3) is 5.78 Å². The minimum atomic E-state index is -0.614. The molecule has 1 aromatic carbocycles.